The van der Waals surface area contributed by atoms with Gasteiger partial charge in [0.15, 0.2) is 0 Å². The minimum Gasteiger partial charge on any atom is -0.481 e. The average molecular weight is 319 g/mol. The molecule has 1 N–H and O–H groups in total. The lowest BCUT2D eigenvalue weighted by molar-refractivity contribution is -0.139. The van der Waals surface area contributed by atoms with Gasteiger partial charge in [0.2, 0.25) is 0 Å². The molecule has 20 heavy (non-hydrogen) atoms. The van der Waals surface area contributed by atoms with Crippen molar-refractivity contribution in [3.8, 4) is 0 Å². The fraction of sp³-hybridized carbons (Fsp3) is 0.417. The van der Waals surface area contributed by atoms with Crippen molar-refractivity contribution < 1.29 is 19.4 Å². The van der Waals surface area contributed by atoms with E-state index < -0.39 is 12.0 Å². The first-order valence-electron chi connectivity index (χ1n) is 5.90. The number of hydrogen-bond donors (Lipinski definition) is 1. The standard InChI is InChI=1S/C12H12Cl2N2O4/c13-9-3-7(5-15-11(9)14)12(19)16-1-2-20-6-8(16)4-10(17)18/h3,5,8H,1-2,4,6H2,(H,17,18). The SMILES string of the molecule is O=C(O)CC1COCCN1C(=O)c1cnc(Cl)c(Cl)c1. The minimum atomic E-state index is -0.981. The molecule has 2 heterocycles. The van der Waals surface area contributed by atoms with Gasteiger partial charge in [-0.15, -0.1) is 0 Å². The molecule has 1 fully saturated rings. The highest BCUT2D eigenvalue weighted by atomic mass is 35.5. The van der Waals surface area contributed by atoms with Gasteiger partial charge >= 0.3 is 5.97 Å². The van der Waals surface area contributed by atoms with Crippen molar-refractivity contribution in [1.29, 1.82) is 0 Å². The van der Waals surface area contributed by atoms with Crippen LogP contribution in [0.5, 0.6) is 0 Å². The van der Waals surface area contributed by atoms with Gasteiger partial charge in [0.05, 0.1) is 36.3 Å². The fourth-order valence-corrected chi connectivity index (χ4v) is 2.27. The van der Waals surface area contributed by atoms with E-state index in [9.17, 15) is 9.59 Å². The maximum atomic E-state index is 12.4. The van der Waals surface area contributed by atoms with Crippen molar-refractivity contribution in [2.24, 2.45) is 0 Å². The van der Waals surface area contributed by atoms with Crippen molar-refractivity contribution in [1.82, 2.24) is 9.88 Å². The number of carbonyl (C=O) groups excluding carboxylic acids is 1. The number of pyridine rings is 1. The van der Waals surface area contributed by atoms with Crippen LogP contribution in [0.3, 0.4) is 0 Å². The molecule has 0 aliphatic carbocycles. The molecule has 0 saturated carbocycles. The Labute approximate surface area is 125 Å². The van der Waals surface area contributed by atoms with Gasteiger partial charge in [-0.1, -0.05) is 23.2 Å². The quantitative estimate of drug-likeness (QED) is 0.858. The van der Waals surface area contributed by atoms with Crippen molar-refractivity contribution in [3.05, 3.63) is 28.0 Å². The van der Waals surface area contributed by atoms with Crippen LogP contribution in [0.2, 0.25) is 10.2 Å². The fourth-order valence-electron chi connectivity index (χ4n) is 2.00. The summed E-state index contributed by atoms with van der Waals surface area (Å²) in [6.45, 7) is 0.903. The number of rotatable bonds is 3. The molecule has 1 aromatic rings. The van der Waals surface area contributed by atoms with Gasteiger partial charge in [-0.25, -0.2) is 4.98 Å². The summed E-state index contributed by atoms with van der Waals surface area (Å²) in [5, 5.41) is 9.17. The third kappa shape index (κ3) is 3.39. The van der Waals surface area contributed by atoms with E-state index in [2.05, 4.69) is 4.98 Å². The zero-order valence-electron chi connectivity index (χ0n) is 10.4. The smallest absolute Gasteiger partial charge is 0.305 e. The third-order valence-corrected chi connectivity index (χ3v) is 3.63. The molecule has 1 saturated heterocycles. The molecule has 8 heteroatoms. The van der Waals surface area contributed by atoms with Crippen LogP contribution in [-0.4, -0.2) is 52.7 Å². The summed E-state index contributed by atoms with van der Waals surface area (Å²) >= 11 is 11.5. The summed E-state index contributed by atoms with van der Waals surface area (Å²) in [6, 6.07) is 0.926. The van der Waals surface area contributed by atoms with E-state index in [4.69, 9.17) is 33.0 Å². The highest BCUT2D eigenvalue weighted by Gasteiger charge is 2.30. The van der Waals surface area contributed by atoms with E-state index in [0.29, 0.717) is 13.2 Å². The summed E-state index contributed by atoms with van der Waals surface area (Å²) in [4.78, 5) is 28.5. The lowest BCUT2D eigenvalue weighted by Gasteiger charge is -2.34. The molecule has 1 amide bonds. The Bertz CT molecular complexity index is 538. The van der Waals surface area contributed by atoms with Crippen LogP contribution in [-0.2, 0) is 9.53 Å². The molecule has 1 unspecified atom stereocenters. The number of carboxylic acid groups (broad SMARTS) is 1. The van der Waals surface area contributed by atoms with Gasteiger partial charge in [0.1, 0.15) is 5.15 Å². The Morgan fingerprint density at radius 2 is 2.25 bits per heavy atom. The molecule has 6 nitrogen and oxygen atoms in total. The average Bonchev–Trinajstić information content (AvgIpc) is 2.41. The van der Waals surface area contributed by atoms with E-state index >= 15 is 0 Å². The molecule has 0 spiro atoms. The van der Waals surface area contributed by atoms with Crippen LogP contribution < -0.4 is 0 Å². The second-order valence-electron chi connectivity index (χ2n) is 4.32. The number of carboxylic acids is 1. The first-order chi connectivity index (χ1) is 9.49. The highest BCUT2D eigenvalue weighted by Crippen LogP contribution is 2.22. The predicted octanol–water partition coefficient (Wildman–Crippen LogP) is 1.70. The Hall–Kier alpha value is -1.37. The van der Waals surface area contributed by atoms with Crippen molar-refractivity contribution >= 4 is 35.1 Å². The Balaban J connectivity index is 2.20. The topological polar surface area (TPSA) is 79.7 Å². The zero-order valence-corrected chi connectivity index (χ0v) is 11.9. The van der Waals surface area contributed by atoms with Gasteiger partial charge in [-0.05, 0) is 6.07 Å². The van der Waals surface area contributed by atoms with Gasteiger partial charge in [0.25, 0.3) is 5.91 Å². The highest BCUT2D eigenvalue weighted by molar-refractivity contribution is 6.41. The lowest BCUT2D eigenvalue weighted by atomic mass is 10.1. The van der Waals surface area contributed by atoms with E-state index in [0.717, 1.165) is 0 Å². The molecule has 1 atom stereocenters. The molecule has 0 bridgehead atoms. The van der Waals surface area contributed by atoms with Gasteiger partial charge in [0, 0.05) is 12.7 Å². The Kier molecular flexibility index (Phi) is 4.80. The minimum absolute atomic E-state index is 0.118. The Morgan fingerprint density at radius 1 is 1.50 bits per heavy atom. The van der Waals surface area contributed by atoms with Crippen molar-refractivity contribution in [3.63, 3.8) is 0 Å². The van der Waals surface area contributed by atoms with E-state index in [1.165, 1.54) is 17.2 Å². The molecule has 108 valence electrons. The molecular formula is C12H12Cl2N2O4. The molecular weight excluding hydrogens is 307 g/mol. The third-order valence-electron chi connectivity index (χ3n) is 2.94. The van der Waals surface area contributed by atoms with Crippen LogP contribution in [0.25, 0.3) is 0 Å². The monoisotopic (exact) mass is 318 g/mol. The molecule has 1 aliphatic heterocycles. The normalized spacial score (nSPS) is 18.9. The van der Waals surface area contributed by atoms with E-state index in [1.807, 2.05) is 0 Å². The zero-order chi connectivity index (χ0) is 14.7. The largest absolute Gasteiger partial charge is 0.481 e. The van der Waals surface area contributed by atoms with Gasteiger partial charge in [-0.3, -0.25) is 9.59 Å². The number of halogens is 2. The maximum Gasteiger partial charge on any atom is 0.305 e. The summed E-state index contributed by atoms with van der Waals surface area (Å²) in [7, 11) is 0. The van der Waals surface area contributed by atoms with Crippen LogP contribution in [0.4, 0.5) is 0 Å². The van der Waals surface area contributed by atoms with Crippen molar-refractivity contribution in [2.75, 3.05) is 19.8 Å². The van der Waals surface area contributed by atoms with Gasteiger partial charge < -0.3 is 14.7 Å². The second-order valence-corrected chi connectivity index (χ2v) is 5.09. The first kappa shape index (κ1) is 15.0. The number of carbonyl (C=O) groups is 2. The Morgan fingerprint density at radius 3 is 2.90 bits per heavy atom. The summed E-state index contributed by atoms with van der Waals surface area (Å²) < 4.78 is 5.22. The predicted molar refractivity (Wildman–Crippen MR) is 72.2 cm³/mol. The number of nitrogens with zero attached hydrogens (tertiary/aromatic N) is 2. The molecule has 0 radical (unpaired) electrons. The number of amides is 1. The van der Waals surface area contributed by atoms with E-state index in [1.54, 1.807) is 0 Å². The van der Waals surface area contributed by atoms with Crippen LogP contribution in [0, 0.1) is 0 Å². The molecule has 1 aliphatic rings. The summed E-state index contributed by atoms with van der Waals surface area (Å²) in [6.07, 6.45) is 1.16. The maximum absolute atomic E-state index is 12.4. The lowest BCUT2D eigenvalue weighted by Crippen LogP contribution is -2.49. The molecule has 0 aromatic carbocycles. The number of aromatic nitrogens is 1. The number of aliphatic carboxylic acids is 1. The van der Waals surface area contributed by atoms with Gasteiger partial charge in [-0.2, -0.15) is 0 Å². The summed E-state index contributed by atoms with van der Waals surface area (Å²) in [5.74, 6) is -1.31. The van der Waals surface area contributed by atoms with Crippen LogP contribution in [0.15, 0.2) is 12.3 Å². The molecule has 1 aromatic heterocycles. The number of ether oxygens (including phenoxy) is 1. The molecule has 2 rings (SSSR count). The second kappa shape index (κ2) is 6.39. The summed E-state index contributed by atoms with van der Waals surface area (Å²) in [5.41, 5.74) is 0.275. The van der Waals surface area contributed by atoms with E-state index in [-0.39, 0.29) is 34.7 Å². The van der Waals surface area contributed by atoms with Crippen LogP contribution in [0.1, 0.15) is 16.8 Å². The first-order valence-corrected chi connectivity index (χ1v) is 6.66. The van der Waals surface area contributed by atoms with Crippen molar-refractivity contribution in [2.45, 2.75) is 12.5 Å². The number of hydrogen-bond acceptors (Lipinski definition) is 4. The van der Waals surface area contributed by atoms with Crippen LogP contribution >= 0.6 is 23.2 Å². The number of morpholine rings is 1.